The standard InChI is InChI=1S/C23H24N2O5/c1-3-15(2)16-8-10-18(11-9-16)24-20(26)14-30-22(28)13-25-21(27)12-17-6-4-5-7-19(17)23(25)29/h4-11,15H,3,12-14H2,1-2H3,(H,24,26)/t15-/m0/s1. The minimum atomic E-state index is -0.821. The Labute approximate surface area is 175 Å². The minimum Gasteiger partial charge on any atom is -0.454 e. The van der Waals surface area contributed by atoms with Gasteiger partial charge in [-0.25, -0.2) is 0 Å². The second-order valence-corrected chi connectivity index (χ2v) is 7.26. The van der Waals surface area contributed by atoms with Crippen LogP contribution in [0.5, 0.6) is 0 Å². The van der Waals surface area contributed by atoms with Crippen molar-refractivity contribution in [3.8, 4) is 0 Å². The van der Waals surface area contributed by atoms with Crippen LogP contribution >= 0.6 is 0 Å². The Kier molecular flexibility index (Phi) is 6.61. The molecule has 0 bridgehead atoms. The van der Waals surface area contributed by atoms with E-state index in [9.17, 15) is 19.2 Å². The van der Waals surface area contributed by atoms with Crippen LogP contribution in [0.3, 0.4) is 0 Å². The Hall–Kier alpha value is -3.48. The Morgan fingerprint density at radius 3 is 2.50 bits per heavy atom. The van der Waals surface area contributed by atoms with Gasteiger partial charge in [0.05, 0.1) is 6.42 Å². The maximum absolute atomic E-state index is 12.5. The van der Waals surface area contributed by atoms with Crippen LogP contribution in [-0.4, -0.2) is 41.7 Å². The molecule has 3 amide bonds. The van der Waals surface area contributed by atoms with Crippen molar-refractivity contribution in [3.05, 3.63) is 65.2 Å². The van der Waals surface area contributed by atoms with Crippen LogP contribution in [0.2, 0.25) is 0 Å². The van der Waals surface area contributed by atoms with Gasteiger partial charge in [-0.3, -0.25) is 24.1 Å². The molecule has 3 rings (SSSR count). The fraction of sp³-hybridized carbons (Fsp3) is 0.304. The van der Waals surface area contributed by atoms with Gasteiger partial charge in [-0.1, -0.05) is 44.2 Å². The highest BCUT2D eigenvalue weighted by atomic mass is 16.5. The number of hydrogen-bond acceptors (Lipinski definition) is 5. The number of amides is 3. The molecule has 0 fully saturated rings. The van der Waals surface area contributed by atoms with Gasteiger partial charge in [-0.15, -0.1) is 0 Å². The van der Waals surface area contributed by atoms with E-state index in [1.807, 2.05) is 12.1 Å². The molecule has 30 heavy (non-hydrogen) atoms. The van der Waals surface area contributed by atoms with Gasteiger partial charge in [0.25, 0.3) is 11.8 Å². The predicted octanol–water partition coefficient (Wildman–Crippen LogP) is 2.91. The number of anilines is 1. The largest absolute Gasteiger partial charge is 0.454 e. The summed E-state index contributed by atoms with van der Waals surface area (Å²) in [6.45, 7) is 3.21. The highest BCUT2D eigenvalue weighted by molar-refractivity contribution is 6.11. The first-order chi connectivity index (χ1) is 14.4. The normalized spacial score (nSPS) is 14.1. The summed E-state index contributed by atoms with van der Waals surface area (Å²) in [4.78, 5) is 49.6. The summed E-state index contributed by atoms with van der Waals surface area (Å²) in [5.41, 5.74) is 2.81. The van der Waals surface area contributed by atoms with Crippen molar-refractivity contribution in [2.24, 2.45) is 0 Å². The van der Waals surface area contributed by atoms with Crippen LogP contribution in [0.25, 0.3) is 0 Å². The summed E-state index contributed by atoms with van der Waals surface area (Å²) in [7, 11) is 0. The van der Waals surface area contributed by atoms with Gasteiger partial charge < -0.3 is 10.1 Å². The number of benzene rings is 2. The van der Waals surface area contributed by atoms with Crippen molar-refractivity contribution < 1.29 is 23.9 Å². The van der Waals surface area contributed by atoms with E-state index < -0.39 is 36.8 Å². The summed E-state index contributed by atoms with van der Waals surface area (Å²) >= 11 is 0. The smallest absolute Gasteiger partial charge is 0.326 e. The Bertz CT molecular complexity index is 968. The van der Waals surface area contributed by atoms with E-state index in [0.29, 0.717) is 22.7 Å². The molecule has 0 unspecified atom stereocenters. The van der Waals surface area contributed by atoms with Crippen molar-refractivity contribution in [2.45, 2.75) is 32.6 Å². The maximum atomic E-state index is 12.5. The molecule has 1 N–H and O–H groups in total. The molecule has 7 nitrogen and oxygen atoms in total. The summed E-state index contributed by atoms with van der Waals surface area (Å²) in [6, 6.07) is 14.3. The van der Waals surface area contributed by atoms with Crippen molar-refractivity contribution in [1.29, 1.82) is 0 Å². The second-order valence-electron chi connectivity index (χ2n) is 7.26. The van der Waals surface area contributed by atoms with Gasteiger partial charge in [0, 0.05) is 11.3 Å². The van der Waals surface area contributed by atoms with Crippen molar-refractivity contribution in [3.63, 3.8) is 0 Å². The molecular weight excluding hydrogens is 384 g/mol. The molecule has 1 heterocycles. The molecule has 0 radical (unpaired) electrons. The molecule has 1 aliphatic rings. The average molecular weight is 408 g/mol. The number of carbonyl (C=O) groups excluding carboxylic acids is 4. The third-order valence-electron chi connectivity index (χ3n) is 5.16. The number of carbonyl (C=O) groups is 4. The zero-order valence-electron chi connectivity index (χ0n) is 17.0. The first-order valence-corrected chi connectivity index (χ1v) is 9.87. The van der Waals surface area contributed by atoms with Crippen LogP contribution in [0.4, 0.5) is 5.69 Å². The zero-order valence-corrected chi connectivity index (χ0v) is 17.0. The van der Waals surface area contributed by atoms with Gasteiger partial charge in [-0.05, 0) is 41.7 Å². The van der Waals surface area contributed by atoms with Crippen LogP contribution < -0.4 is 5.32 Å². The lowest BCUT2D eigenvalue weighted by molar-refractivity contribution is -0.150. The lowest BCUT2D eigenvalue weighted by Gasteiger charge is -2.25. The third kappa shape index (κ3) is 4.92. The van der Waals surface area contributed by atoms with Crippen LogP contribution in [-0.2, 0) is 25.5 Å². The van der Waals surface area contributed by atoms with E-state index in [1.165, 1.54) is 5.56 Å². The molecule has 2 aromatic rings. The van der Waals surface area contributed by atoms with Gasteiger partial charge >= 0.3 is 5.97 Å². The van der Waals surface area contributed by atoms with Gasteiger partial charge in [0.1, 0.15) is 6.54 Å². The van der Waals surface area contributed by atoms with Crippen LogP contribution in [0.1, 0.15) is 47.7 Å². The van der Waals surface area contributed by atoms with Crippen LogP contribution in [0.15, 0.2) is 48.5 Å². The molecule has 1 atom stereocenters. The number of fused-ring (bicyclic) bond motifs is 1. The molecule has 2 aromatic carbocycles. The van der Waals surface area contributed by atoms with E-state index in [-0.39, 0.29) is 6.42 Å². The monoisotopic (exact) mass is 408 g/mol. The van der Waals surface area contributed by atoms with Crippen molar-refractivity contribution in [1.82, 2.24) is 4.90 Å². The topological polar surface area (TPSA) is 92.8 Å². The minimum absolute atomic E-state index is 0.0440. The second kappa shape index (κ2) is 9.35. The van der Waals surface area contributed by atoms with E-state index in [0.717, 1.165) is 11.3 Å². The van der Waals surface area contributed by atoms with Crippen LogP contribution in [0, 0.1) is 0 Å². The molecule has 7 heteroatoms. The van der Waals surface area contributed by atoms with E-state index in [4.69, 9.17) is 4.74 Å². The number of nitrogens with zero attached hydrogens (tertiary/aromatic N) is 1. The summed E-state index contributed by atoms with van der Waals surface area (Å²) < 4.78 is 4.95. The molecule has 156 valence electrons. The lowest BCUT2D eigenvalue weighted by Crippen LogP contribution is -2.45. The molecule has 0 aromatic heterocycles. The van der Waals surface area contributed by atoms with E-state index >= 15 is 0 Å². The first kappa shape index (κ1) is 21.2. The van der Waals surface area contributed by atoms with Gasteiger partial charge in [-0.2, -0.15) is 0 Å². The highest BCUT2D eigenvalue weighted by Crippen LogP contribution is 2.21. The molecule has 0 spiro atoms. The van der Waals surface area contributed by atoms with E-state index in [2.05, 4.69) is 19.2 Å². The summed E-state index contributed by atoms with van der Waals surface area (Å²) in [6.07, 6.45) is 1.07. The summed E-state index contributed by atoms with van der Waals surface area (Å²) in [5, 5.41) is 2.65. The Morgan fingerprint density at radius 2 is 1.80 bits per heavy atom. The maximum Gasteiger partial charge on any atom is 0.326 e. The number of imide groups is 1. The SMILES string of the molecule is CC[C@H](C)c1ccc(NC(=O)COC(=O)CN2C(=O)Cc3ccccc3C2=O)cc1. The third-order valence-corrected chi connectivity index (χ3v) is 5.16. The Morgan fingerprint density at radius 1 is 1.10 bits per heavy atom. The fourth-order valence-electron chi connectivity index (χ4n) is 3.21. The highest BCUT2D eigenvalue weighted by Gasteiger charge is 2.32. The molecule has 0 saturated heterocycles. The molecule has 0 aliphatic carbocycles. The molecule has 0 saturated carbocycles. The fourth-order valence-corrected chi connectivity index (χ4v) is 3.21. The number of esters is 1. The van der Waals surface area contributed by atoms with Crippen molar-refractivity contribution >= 4 is 29.4 Å². The number of rotatable bonds is 7. The van der Waals surface area contributed by atoms with Gasteiger partial charge in [0.2, 0.25) is 5.91 Å². The number of hydrogen-bond donors (Lipinski definition) is 1. The quantitative estimate of drug-likeness (QED) is 0.562. The lowest BCUT2D eigenvalue weighted by atomic mass is 9.98. The number of ether oxygens (including phenoxy) is 1. The summed E-state index contributed by atoms with van der Waals surface area (Å²) in [5.74, 6) is -1.89. The van der Waals surface area contributed by atoms with E-state index in [1.54, 1.807) is 36.4 Å². The van der Waals surface area contributed by atoms with Gasteiger partial charge in [0.15, 0.2) is 6.61 Å². The molecular formula is C23H24N2O5. The molecule has 1 aliphatic heterocycles. The first-order valence-electron chi connectivity index (χ1n) is 9.87. The van der Waals surface area contributed by atoms with Crippen molar-refractivity contribution in [2.75, 3.05) is 18.5 Å². The Balaban J connectivity index is 1.50. The number of nitrogens with one attached hydrogen (secondary N) is 1. The zero-order chi connectivity index (χ0) is 21.7. The predicted molar refractivity (Wildman–Crippen MR) is 111 cm³/mol. The average Bonchev–Trinajstić information content (AvgIpc) is 2.75.